The molecule has 1 aliphatic heterocycles. The number of ether oxygens (including phenoxy) is 1. The average molecular weight is 237 g/mol. The molecule has 0 amide bonds. The smallest absolute Gasteiger partial charge is 0.101 e. The molecule has 3 heteroatoms. The van der Waals surface area contributed by atoms with E-state index in [9.17, 15) is 0 Å². The first-order valence-corrected chi connectivity index (χ1v) is 6.63. The fourth-order valence-corrected chi connectivity index (χ4v) is 2.55. The number of hydrogen-bond donors (Lipinski definition) is 1. The van der Waals surface area contributed by atoms with Crippen LogP contribution in [0.25, 0.3) is 0 Å². The summed E-state index contributed by atoms with van der Waals surface area (Å²) in [5.41, 5.74) is 1.26. The zero-order valence-electron chi connectivity index (χ0n) is 10.9. The maximum Gasteiger partial charge on any atom is 0.101 e. The van der Waals surface area contributed by atoms with Crippen LogP contribution in [0.4, 0.5) is 0 Å². The number of nitrogens with one attached hydrogen (secondary N) is 1. The van der Waals surface area contributed by atoms with Crippen LogP contribution in [0.1, 0.15) is 49.5 Å². The third-order valence-corrected chi connectivity index (χ3v) is 3.54. The van der Waals surface area contributed by atoms with Crippen LogP contribution in [0.15, 0.2) is 16.7 Å². The summed E-state index contributed by atoms with van der Waals surface area (Å²) < 4.78 is 11.0. The molecule has 1 N–H and O–H groups in total. The summed E-state index contributed by atoms with van der Waals surface area (Å²) in [6.45, 7) is 2.95. The molecule has 1 aliphatic rings. The van der Waals surface area contributed by atoms with Crippen molar-refractivity contribution in [1.82, 2.24) is 5.32 Å². The van der Waals surface area contributed by atoms with Crippen LogP contribution in [0.5, 0.6) is 0 Å². The van der Waals surface area contributed by atoms with Gasteiger partial charge in [-0.3, -0.25) is 0 Å². The Balaban J connectivity index is 1.75. The summed E-state index contributed by atoms with van der Waals surface area (Å²) in [6, 6.07) is 2.53. The lowest BCUT2D eigenvalue weighted by Gasteiger charge is -2.15. The van der Waals surface area contributed by atoms with Crippen molar-refractivity contribution >= 4 is 0 Å². The van der Waals surface area contributed by atoms with Gasteiger partial charge in [0.05, 0.1) is 12.4 Å². The number of furan rings is 1. The first kappa shape index (κ1) is 12.7. The van der Waals surface area contributed by atoms with Crippen LogP contribution < -0.4 is 5.32 Å². The molecular weight excluding hydrogens is 214 g/mol. The third kappa shape index (κ3) is 3.58. The predicted molar refractivity (Wildman–Crippen MR) is 68.1 cm³/mol. The zero-order chi connectivity index (χ0) is 12.1. The van der Waals surface area contributed by atoms with Gasteiger partial charge in [0.25, 0.3) is 0 Å². The summed E-state index contributed by atoms with van der Waals surface area (Å²) in [6.07, 6.45) is 8.40. The number of aryl methyl sites for hydroxylation is 1. The average Bonchev–Trinajstić information content (AvgIpc) is 2.96. The lowest BCUT2D eigenvalue weighted by molar-refractivity contribution is 0.101. The molecule has 0 bridgehead atoms. The van der Waals surface area contributed by atoms with Gasteiger partial charge in [-0.25, -0.2) is 0 Å². The van der Waals surface area contributed by atoms with Crippen molar-refractivity contribution in [1.29, 1.82) is 0 Å². The zero-order valence-corrected chi connectivity index (χ0v) is 10.9. The van der Waals surface area contributed by atoms with Crippen LogP contribution in [0, 0.1) is 6.92 Å². The molecular formula is C14H23NO2. The molecule has 0 aromatic carbocycles. The summed E-state index contributed by atoms with van der Waals surface area (Å²) in [5.74, 6) is 0.986. The molecule has 1 fully saturated rings. The number of rotatable bonds is 6. The van der Waals surface area contributed by atoms with E-state index in [1.165, 1.54) is 31.2 Å². The molecule has 2 unspecified atom stereocenters. The van der Waals surface area contributed by atoms with E-state index >= 15 is 0 Å². The second-order valence-corrected chi connectivity index (χ2v) is 4.90. The normalized spacial score (nSPS) is 21.9. The van der Waals surface area contributed by atoms with E-state index in [0.29, 0.717) is 12.1 Å². The minimum absolute atomic E-state index is 0.411. The highest BCUT2D eigenvalue weighted by Crippen LogP contribution is 2.24. The first-order valence-electron chi connectivity index (χ1n) is 6.63. The Kier molecular flexibility index (Phi) is 4.63. The van der Waals surface area contributed by atoms with Gasteiger partial charge in [-0.15, -0.1) is 0 Å². The highest BCUT2D eigenvalue weighted by Gasteiger charge is 2.17. The second-order valence-electron chi connectivity index (χ2n) is 4.90. The molecule has 1 aromatic rings. The fourth-order valence-electron chi connectivity index (χ4n) is 2.55. The standard InChI is InChI=1S/C14H23NO2/c1-11-9-12(10-17-11)14(15-2)7-3-5-13-6-4-8-16-13/h9-10,13-15H,3-8H2,1-2H3. The molecule has 2 heterocycles. The van der Waals surface area contributed by atoms with Crippen molar-refractivity contribution in [2.24, 2.45) is 0 Å². The highest BCUT2D eigenvalue weighted by atomic mass is 16.5. The van der Waals surface area contributed by atoms with E-state index in [-0.39, 0.29) is 0 Å². The third-order valence-electron chi connectivity index (χ3n) is 3.54. The van der Waals surface area contributed by atoms with Crippen LogP contribution in [-0.2, 0) is 4.74 Å². The maximum atomic E-state index is 5.64. The molecule has 17 heavy (non-hydrogen) atoms. The van der Waals surface area contributed by atoms with Crippen LogP contribution >= 0.6 is 0 Å². The second kappa shape index (κ2) is 6.22. The first-order chi connectivity index (χ1) is 8.29. The van der Waals surface area contributed by atoms with Crippen molar-refractivity contribution in [2.75, 3.05) is 13.7 Å². The molecule has 0 radical (unpaired) electrons. The van der Waals surface area contributed by atoms with Gasteiger partial charge in [-0.1, -0.05) is 0 Å². The predicted octanol–water partition coefficient (Wildman–Crippen LogP) is 3.20. The Bertz CT molecular complexity index is 329. The Morgan fingerprint density at radius 1 is 1.53 bits per heavy atom. The molecule has 3 nitrogen and oxygen atoms in total. The van der Waals surface area contributed by atoms with Gasteiger partial charge < -0.3 is 14.5 Å². The van der Waals surface area contributed by atoms with Crippen LogP contribution in [0.2, 0.25) is 0 Å². The topological polar surface area (TPSA) is 34.4 Å². The summed E-state index contributed by atoms with van der Waals surface area (Å²) in [5, 5.41) is 3.36. The Morgan fingerprint density at radius 2 is 2.41 bits per heavy atom. The van der Waals surface area contributed by atoms with Crippen molar-refractivity contribution in [3.8, 4) is 0 Å². The van der Waals surface area contributed by atoms with Gasteiger partial charge in [0.1, 0.15) is 5.76 Å². The monoisotopic (exact) mass is 237 g/mol. The fraction of sp³-hybridized carbons (Fsp3) is 0.714. The van der Waals surface area contributed by atoms with Gasteiger partial charge in [0.2, 0.25) is 0 Å². The van der Waals surface area contributed by atoms with Gasteiger partial charge in [-0.05, 0) is 52.1 Å². The molecule has 0 aliphatic carbocycles. The summed E-state index contributed by atoms with van der Waals surface area (Å²) in [4.78, 5) is 0. The summed E-state index contributed by atoms with van der Waals surface area (Å²) in [7, 11) is 2.01. The molecule has 0 saturated carbocycles. The lowest BCUT2D eigenvalue weighted by Crippen LogP contribution is -2.16. The van der Waals surface area contributed by atoms with E-state index in [2.05, 4.69) is 11.4 Å². The Morgan fingerprint density at radius 3 is 3.00 bits per heavy atom. The lowest BCUT2D eigenvalue weighted by atomic mass is 10.0. The SMILES string of the molecule is CNC(CCCC1CCCO1)c1coc(C)c1. The van der Waals surface area contributed by atoms with Gasteiger partial charge in [-0.2, -0.15) is 0 Å². The van der Waals surface area contributed by atoms with E-state index in [1.54, 1.807) is 0 Å². The van der Waals surface area contributed by atoms with Gasteiger partial charge >= 0.3 is 0 Å². The van der Waals surface area contributed by atoms with Crippen molar-refractivity contribution < 1.29 is 9.15 Å². The Hall–Kier alpha value is -0.800. The quantitative estimate of drug-likeness (QED) is 0.825. The summed E-state index contributed by atoms with van der Waals surface area (Å²) >= 11 is 0. The van der Waals surface area contributed by atoms with E-state index < -0.39 is 0 Å². The van der Waals surface area contributed by atoms with Crippen molar-refractivity contribution in [3.05, 3.63) is 23.7 Å². The minimum atomic E-state index is 0.411. The van der Waals surface area contributed by atoms with E-state index in [1.807, 2.05) is 20.2 Å². The molecule has 1 aromatic heterocycles. The van der Waals surface area contributed by atoms with E-state index in [4.69, 9.17) is 9.15 Å². The molecule has 0 spiro atoms. The van der Waals surface area contributed by atoms with Crippen LogP contribution in [-0.4, -0.2) is 19.8 Å². The minimum Gasteiger partial charge on any atom is -0.469 e. The largest absolute Gasteiger partial charge is 0.469 e. The van der Waals surface area contributed by atoms with Crippen molar-refractivity contribution in [2.45, 2.75) is 51.2 Å². The molecule has 96 valence electrons. The number of hydrogen-bond acceptors (Lipinski definition) is 3. The Labute approximate surface area is 104 Å². The molecule has 2 rings (SSSR count). The molecule has 1 saturated heterocycles. The highest BCUT2D eigenvalue weighted by molar-refractivity contribution is 5.16. The maximum absolute atomic E-state index is 5.64. The van der Waals surface area contributed by atoms with Gasteiger partial charge in [0.15, 0.2) is 0 Å². The van der Waals surface area contributed by atoms with E-state index in [0.717, 1.165) is 18.8 Å². The van der Waals surface area contributed by atoms with Crippen molar-refractivity contribution in [3.63, 3.8) is 0 Å². The molecule has 2 atom stereocenters. The van der Waals surface area contributed by atoms with Crippen LogP contribution in [0.3, 0.4) is 0 Å². The van der Waals surface area contributed by atoms with Gasteiger partial charge in [0, 0.05) is 18.2 Å².